The number of aryl methyl sites for hydroxylation is 1. The van der Waals surface area contributed by atoms with Crippen molar-refractivity contribution in [1.29, 1.82) is 0 Å². The SMILES string of the molecule is Cc1ccc2c(c1)[C@@]1(C(=O)N2)C2c3ccccc3C=CN2[C@H](C(=O)c2ccc(Cl)cc2)[C@H]1C(=O)c1ccccc1. The number of Topliss-reactive ketones (excluding diaryl/α,β-unsaturated/α-hetero) is 2. The van der Waals surface area contributed by atoms with Gasteiger partial charge < -0.3 is 10.2 Å². The van der Waals surface area contributed by atoms with E-state index in [4.69, 9.17) is 11.6 Å². The fraction of sp³-hybridized carbons (Fsp3) is 0.147. The Morgan fingerprint density at radius 2 is 1.55 bits per heavy atom. The van der Waals surface area contributed by atoms with Crippen LogP contribution in [0.3, 0.4) is 0 Å². The molecule has 1 saturated heterocycles. The minimum Gasteiger partial charge on any atom is -0.358 e. The summed E-state index contributed by atoms with van der Waals surface area (Å²) in [6.45, 7) is 1.97. The molecule has 1 amide bonds. The monoisotopic (exact) mass is 544 g/mol. The second kappa shape index (κ2) is 9.04. The van der Waals surface area contributed by atoms with Crippen LogP contribution in [-0.4, -0.2) is 28.4 Å². The molecule has 6 heteroatoms. The number of benzene rings is 4. The number of ketones is 2. The number of anilines is 1. The third-order valence-electron chi connectivity index (χ3n) is 8.56. The molecule has 7 rings (SSSR count). The third kappa shape index (κ3) is 3.37. The van der Waals surface area contributed by atoms with Gasteiger partial charge in [0.1, 0.15) is 11.5 Å². The van der Waals surface area contributed by atoms with Crippen LogP contribution in [0.1, 0.15) is 49.0 Å². The molecule has 1 spiro atoms. The number of carbonyl (C=O) groups excluding carboxylic acids is 3. The van der Waals surface area contributed by atoms with Crippen LogP contribution in [0, 0.1) is 12.8 Å². The van der Waals surface area contributed by atoms with Crippen molar-refractivity contribution in [3.8, 4) is 0 Å². The van der Waals surface area contributed by atoms with Gasteiger partial charge in [0.05, 0.1) is 12.0 Å². The molecule has 0 radical (unpaired) electrons. The lowest BCUT2D eigenvalue weighted by atomic mass is 9.62. The number of hydrogen-bond acceptors (Lipinski definition) is 4. The molecule has 196 valence electrons. The Labute approximate surface area is 237 Å². The van der Waals surface area contributed by atoms with Crippen molar-refractivity contribution in [1.82, 2.24) is 4.90 Å². The van der Waals surface area contributed by atoms with Crippen molar-refractivity contribution in [3.05, 3.63) is 142 Å². The molecule has 4 atom stereocenters. The van der Waals surface area contributed by atoms with Crippen LogP contribution >= 0.6 is 11.6 Å². The maximum Gasteiger partial charge on any atom is 0.238 e. The Balaban J connectivity index is 1.55. The maximum absolute atomic E-state index is 14.7. The molecule has 0 bridgehead atoms. The molecule has 1 N–H and O–H groups in total. The fourth-order valence-corrected chi connectivity index (χ4v) is 7.02. The van der Waals surface area contributed by atoms with Crippen LogP contribution in [0.4, 0.5) is 5.69 Å². The van der Waals surface area contributed by atoms with Gasteiger partial charge >= 0.3 is 0 Å². The van der Waals surface area contributed by atoms with Gasteiger partial charge in [-0.3, -0.25) is 14.4 Å². The Hall–Kier alpha value is -4.48. The van der Waals surface area contributed by atoms with E-state index in [1.807, 2.05) is 72.6 Å². The highest BCUT2D eigenvalue weighted by molar-refractivity contribution is 6.30. The zero-order chi connectivity index (χ0) is 27.6. The molecular formula is C34H25ClN2O3. The number of amides is 1. The van der Waals surface area contributed by atoms with Gasteiger partial charge in [-0.15, -0.1) is 0 Å². The van der Waals surface area contributed by atoms with Crippen LogP contribution in [-0.2, 0) is 10.2 Å². The summed E-state index contributed by atoms with van der Waals surface area (Å²) in [6, 6.07) is 27.9. The van der Waals surface area contributed by atoms with Crippen molar-refractivity contribution in [3.63, 3.8) is 0 Å². The first-order valence-corrected chi connectivity index (χ1v) is 13.7. The average molecular weight is 545 g/mol. The highest BCUT2D eigenvalue weighted by Crippen LogP contribution is 2.62. The van der Waals surface area contributed by atoms with Gasteiger partial charge in [-0.05, 0) is 60.0 Å². The summed E-state index contributed by atoms with van der Waals surface area (Å²) in [5.41, 5.74) is 3.82. The lowest BCUT2D eigenvalue weighted by molar-refractivity contribution is -0.122. The molecule has 3 aliphatic rings. The Kier molecular flexibility index (Phi) is 5.55. The predicted molar refractivity (Wildman–Crippen MR) is 155 cm³/mol. The molecule has 0 aliphatic carbocycles. The molecule has 0 aromatic heterocycles. The molecule has 3 heterocycles. The molecule has 3 aliphatic heterocycles. The summed E-state index contributed by atoms with van der Waals surface area (Å²) in [4.78, 5) is 45.6. The van der Waals surface area contributed by atoms with Crippen molar-refractivity contribution >= 4 is 40.8 Å². The van der Waals surface area contributed by atoms with E-state index in [0.717, 1.165) is 22.3 Å². The van der Waals surface area contributed by atoms with Gasteiger partial charge in [-0.25, -0.2) is 0 Å². The van der Waals surface area contributed by atoms with E-state index in [9.17, 15) is 14.4 Å². The Morgan fingerprint density at radius 1 is 0.850 bits per heavy atom. The molecule has 4 aromatic rings. The van der Waals surface area contributed by atoms with Crippen molar-refractivity contribution in [2.24, 2.45) is 5.92 Å². The van der Waals surface area contributed by atoms with Crippen LogP contribution < -0.4 is 5.32 Å². The zero-order valence-electron chi connectivity index (χ0n) is 21.7. The number of halogens is 1. The smallest absolute Gasteiger partial charge is 0.238 e. The van der Waals surface area contributed by atoms with E-state index in [0.29, 0.717) is 21.8 Å². The van der Waals surface area contributed by atoms with Gasteiger partial charge in [0.2, 0.25) is 5.91 Å². The molecular weight excluding hydrogens is 520 g/mol. The van der Waals surface area contributed by atoms with Crippen LogP contribution in [0.25, 0.3) is 6.08 Å². The van der Waals surface area contributed by atoms with Gasteiger partial charge in [0.15, 0.2) is 11.6 Å². The van der Waals surface area contributed by atoms with Crippen molar-refractivity contribution in [2.45, 2.75) is 24.4 Å². The predicted octanol–water partition coefficient (Wildman–Crippen LogP) is 6.63. The standard InChI is InChI=1S/C34H25ClN2O3/c1-20-11-16-27-26(19-20)34(33(40)36-27)28(30(38)22-8-3-2-4-9-22)29(31(39)23-12-14-24(35)15-13-23)37-18-17-21-7-5-6-10-25(21)32(34)37/h2-19,28-29,32H,1H3,(H,36,40)/t28-,29-,32?,34-/m0/s1. The normalized spacial score (nSPS) is 23.9. The number of rotatable bonds is 4. The maximum atomic E-state index is 14.7. The summed E-state index contributed by atoms with van der Waals surface area (Å²) >= 11 is 6.15. The highest BCUT2D eigenvalue weighted by Gasteiger charge is 2.70. The number of nitrogens with zero attached hydrogens (tertiary/aromatic N) is 1. The molecule has 0 saturated carbocycles. The highest BCUT2D eigenvalue weighted by atomic mass is 35.5. The second-order valence-electron chi connectivity index (χ2n) is 10.7. The summed E-state index contributed by atoms with van der Waals surface area (Å²) in [5, 5.41) is 3.61. The summed E-state index contributed by atoms with van der Waals surface area (Å²) in [6.07, 6.45) is 3.84. The molecule has 4 aromatic carbocycles. The molecule has 1 fully saturated rings. The van der Waals surface area contributed by atoms with Crippen molar-refractivity contribution < 1.29 is 14.4 Å². The van der Waals surface area contributed by atoms with E-state index in [-0.39, 0.29) is 17.5 Å². The fourth-order valence-electron chi connectivity index (χ4n) is 6.89. The average Bonchev–Trinajstić information content (AvgIpc) is 3.45. The van der Waals surface area contributed by atoms with Gasteiger partial charge in [-0.2, -0.15) is 0 Å². The lowest BCUT2D eigenvalue weighted by Crippen LogP contribution is -2.49. The second-order valence-corrected chi connectivity index (χ2v) is 11.1. The van der Waals surface area contributed by atoms with Crippen LogP contribution in [0.5, 0.6) is 0 Å². The Bertz CT molecular complexity index is 1730. The minimum atomic E-state index is -1.35. The molecule has 1 unspecified atom stereocenters. The van der Waals surface area contributed by atoms with Gasteiger partial charge in [-0.1, -0.05) is 83.9 Å². The number of fused-ring (bicyclic) bond motifs is 6. The molecule has 40 heavy (non-hydrogen) atoms. The molecule has 5 nitrogen and oxygen atoms in total. The topological polar surface area (TPSA) is 66.5 Å². The van der Waals surface area contributed by atoms with Gasteiger partial charge in [0, 0.05) is 28.0 Å². The quantitative estimate of drug-likeness (QED) is 0.293. The number of carbonyl (C=O) groups is 3. The Morgan fingerprint density at radius 3 is 2.33 bits per heavy atom. The van der Waals surface area contributed by atoms with E-state index >= 15 is 0 Å². The first-order chi connectivity index (χ1) is 19.4. The largest absolute Gasteiger partial charge is 0.358 e. The lowest BCUT2D eigenvalue weighted by Gasteiger charge is -2.38. The first-order valence-electron chi connectivity index (χ1n) is 13.3. The van der Waals surface area contributed by atoms with Crippen molar-refractivity contribution in [2.75, 3.05) is 5.32 Å². The summed E-state index contributed by atoms with van der Waals surface area (Å²) in [7, 11) is 0. The summed E-state index contributed by atoms with van der Waals surface area (Å²) in [5.74, 6) is -1.74. The number of hydrogen-bond donors (Lipinski definition) is 1. The summed E-state index contributed by atoms with van der Waals surface area (Å²) < 4.78 is 0. The van der Waals surface area contributed by atoms with Gasteiger partial charge in [0.25, 0.3) is 0 Å². The van der Waals surface area contributed by atoms with E-state index in [2.05, 4.69) is 5.32 Å². The van der Waals surface area contributed by atoms with E-state index < -0.39 is 23.4 Å². The van der Waals surface area contributed by atoms with E-state index in [1.165, 1.54) is 0 Å². The number of nitrogens with one attached hydrogen (secondary N) is 1. The first kappa shape index (κ1) is 24.6. The third-order valence-corrected chi connectivity index (χ3v) is 8.81. The van der Waals surface area contributed by atoms with E-state index in [1.54, 1.807) is 48.5 Å². The van der Waals surface area contributed by atoms with Crippen LogP contribution in [0.2, 0.25) is 5.02 Å². The minimum absolute atomic E-state index is 0.231. The van der Waals surface area contributed by atoms with Crippen LogP contribution in [0.15, 0.2) is 103 Å². The zero-order valence-corrected chi connectivity index (χ0v) is 22.4.